The van der Waals surface area contributed by atoms with E-state index in [1.807, 2.05) is 0 Å². The van der Waals surface area contributed by atoms with Crippen molar-refractivity contribution >= 4 is 17.6 Å². The minimum atomic E-state index is -0.998. The third kappa shape index (κ3) is 2.85. The number of benzene rings is 1. The van der Waals surface area contributed by atoms with Crippen LogP contribution in [0.3, 0.4) is 0 Å². The van der Waals surface area contributed by atoms with Crippen molar-refractivity contribution in [2.24, 2.45) is 4.99 Å². The molecule has 0 aliphatic carbocycles. The van der Waals surface area contributed by atoms with Crippen molar-refractivity contribution in [3.63, 3.8) is 0 Å². The third-order valence-corrected chi connectivity index (χ3v) is 2.38. The van der Waals surface area contributed by atoms with Crippen molar-refractivity contribution in [3.05, 3.63) is 29.3 Å². The summed E-state index contributed by atoms with van der Waals surface area (Å²) >= 11 is 0. The Morgan fingerprint density at radius 3 is 2.59 bits per heavy atom. The van der Waals surface area contributed by atoms with Crippen molar-refractivity contribution in [1.82, 2.24) is 4.90 Å². The quantitative estimate of drug-likeness (QED) is 0.370. The van der Waals surface area contributed by atoms with Crippen molar-refractivity contribution in [2.75, 3.05) is 14.1 Å². The van der Waals surface area contributed by atoms with Crippen LogP contribution in [0.5, 0.6) is 0 Å². The summed E-state index contributed by atoms with van der Waals surface area (Å²) in [7, 11) is 3.33. The van der Waals surface area contributed by atoms with Crippen LogP contribution in [0.4, 0.5) is 5.69 Å². The van der Waals surface area contributed by atoms with Crippen LogP contribution < -0.4 is 0 Å². The number of hydrogen-bond acceptors (Lipinski definition) is 5. The topological polar surface area (TPSA) is 70.0 Å². The Morgan fingerprint density at radius 1 is 1.47 bits per heavy atom. The zero-order chi connectivity index (χ0) is 13.0. The lowest BCUT2D eigenvalue weighted by Crippen LogP contribution is -2.21. The van der Waals surface area contributed by atoms with Gasteiger partial charge in [-0.3, -0.25) is 9.69 Å². The number of Topliss-reactive ketones (excluding diaryl/α,β-unsaturated/α-hetero) is 1. The van der Waals surface area contributed by atoms with E-state index in [9.17, 15) is 14.7 Å². The van der Waals surface area contributed by atoms with Gasteiger partial charge in [-0.1, -0.05) is 12.1 Å². The Bertz CT molecular complexity index is 456. The van der Waals surface area contributed by atoms with Gasteiger partial charge in [0.1, 0.15) is 6.23 Å². The first-order valence-electron chi connectivity index (χ1n) is 5.05. The molecule has 0 radical (unpaired) electrons. The molecule has 1 rings (SSSR count). The lowest BCUT2D eigenvalue weighted by Gasteiger charge is -2.21. The molecule has 17 heavy (non-hydrogen) atoms. The van der Waals surface area contributed by atoms with Gasteiger partial charge >= 0.3 is 0 Å². The highest BCUT2D eigenvalue weighted by atomic mass is 16.3. The van der Waals surface area contributed by atoms with Crippen LogP contribution >= 0.6 is 0 Å². The minimum absolute atomic E-state index is 0.191. The standard InChI is InChI=1S/C12H14N2O3/c1-8(16)9-5-4-6-10(13-7-15)11(9)12(17)14(2)3/h4-6,12,17H,1-3H3. The first-order chi connectivity index (χ1) is 7.99. The number of aliphatic hydroxyl groups is 1. The van der Waals surface area contributed by atoms with Gasteiger partial charge in [0.2, 0.25) is 6.08 Å². The molecule has 0 spiro atoms. The highest BCUT2D eigenvalue weighted by Gasteiger charge is 2.20. The average Bonchev–Trinajstić information content (AvgIpc) is 2.28. The van der Waals surface area contributed by atoms with Crippen LogP contribution in [0.1, 0.15) is 29.1 Å². The monoisotopic (exact) mass is 234 g/mol. The summed E-state index contributed by atoms with van der Waals surface area (Å²) in [5.41, 5.74) is 0.935. The predicted octanol–water partition coefficient (Wildman–Crippen LogP) is 1.41. The van der Waals surface area contributed by atoms with Gasteiger partial charge in [-0.05, 0) is 27.1 Å². The molecule has 1 N–H and O–H groups in total. The first-order valence-corrected chi connectivity index (χ1v) is 5.05. The molecule has 1 unspecified atom stereocenters. The van der Waals surface area contributed by atoms with Crippen LogP contribution in [0, 0.1) is 0 Å². The summed E-state index contributed by atoms with van der Waals surface area (Å²) in [6, 6.07) is 4.76. The zero-order valence-corrected chi connectivity index (χ0v) is 9.97. The summed E-state index contributed by atoms with van der Waals surface area (Å²) in [4.78, 5) is 26.8. The molecule has 0 amide bonds. The highest BCUT2D eigenvalue weighted by Crippen LogP contribution is 2.30. The Kier molecular flexibility index (Phi) is 4.29. The molecule has 0 saturated carbocycles. The zero-order valence-electron chi connectivity index (χ0n) is 9.97. The highest BCUT2D eigenvalue weighted by molar-refractivity contribution is 5.97. The summed E-state index contributed by atoms with van der Waals surface area (Å²) < 4.78 is 0. The van der Waals surface area contributed by atoms with Crippen molar-refractivity contribution in [3.8, 4) is 0 Å². The molecule has 90 valence electrons. The number of hydrogen-bond donors (Lipinski definition) is 1. The van der Waals surface area contributed by atoms with Gasteiger partial charge in [0.15, 0.2) is 5.78 Å². The lowest BCUT2D eigenvalue weighted by atomic mass is 10.0. The van der Waals surface area contributed by atoms with E-state index >= 15 is 0 Å². The van der Waals surface area contributed by atoms with Gasteiger partial charge in [-0.25, -0.2) is 4.79 Å². The Hall–Kier alpha value is -1.81. The molecule has 0 heterocycles. The van der Waals surface area contributed by atoms with E-state index in [-0.39, 0.29) is 11.5 Å². The normalized spacial score (nSPS) is 12.1. The second kappa shape index (κ2) is 5.50. The number of rotatable bonds is 4. The molecule has 0 aliphatic heterocycles. The van der Waals surface area contributed by atoms with Crippen LogP contribution in [-0.2, 0) is 4.79 Å². The molecule has 1 aromatic rings. The fourth-order valence-corrected chi connectivity index (χ4v) is 1.54. The van der Waals surface area contributed by atoms with Gasteiger partial charge in [0.05, 0.1) is 5.69 Å². The SMILES string of the molecule is CC(=O)c1cccc(N=C=O)c1C(O)N(C)C. The maximum absolute atomic E-state index is 11.5. The molecule has 1 aromatic carbocycles. The second-order valence-electron chi connectivity index (χ2n) is 3.83. The van der Waals surface area contributed by atoms with E-state index < -0.39 is 6.23 Å². The van der Waals surface area contributed by atoms with E-state index in [1.165, 1.54) is 17.9 Å². The Morgan fingerprint density at radius 2 is 2.12 bits per heavy atom. The van der Waals surface area contributed by atoms with Gasteiger partial charge < -0.3 is 5.11 Å². The van der Waals surface area contributed by atoms with Gasteiger partial charge in [0.25, 0.3) is 0 Å². The van der Waals surface area contributed by atoms with Crippen LogP contribution in [-0.4, -0.2) is 36.0 Å². The molecule has 1 atom stereocenters. The van der Waals surface area contributed by atoms with Gasteiger partial charge in [0, 0.05) is 11.1 Å². The first kappa shape index (κ1) is 13.3. The van der Waals surface area contributed by atoms with E-state index in [1.54, 1.807) is 32.3 Å². The summed E-state index contributed by atoms with van der Waals surface area (Å²) in [5, 5.41) is 10.0. The number of ketones is 1. The van der Waals surface area contributed by atoms with E-state index in [0.717, 1.165) is 0 Å². The average molecular weight is 234 g/mol. The number of nitrogens with zero attached hydrogens (tertiary/aromatic N) is 2. The number of aliphatic hydroxyl groups excluding tert-OH is 1. The molecule has 0 bridgehead atoms. The third-order valence-electron chi connectivity index (χ3n) is 2.38. The lowest BCUT2D eigenvalue weighted by molar-refractivity contribution is 0.0391. The molecule has 0 fully saturated rings. The number of isocyanates is 1. The van der Waals surface area contributed by atoms with Crippen molar-refractivity contribution in [2.45, 2.75) is 13.2 Å². The maximum atomic E-state index is 11.5. The van der Waals surface area contributed by atoms with E-state index in [2.05, 4.69) is 4.99 Å². The van der Waals surface area contributed by atoms with E-state index in [0.29, 0.717) is 11.1 Å². The van der Waals surface area contributed by atoms with Crippen molar-refractivity contribution in [1.29, 1.82) is 0 Å². The Labute approximate surface area is 99.4 Å². The number of aliphatic imine (C=N–C) groups is 1. The fourth-order valence-electron chi connectivity index (χ4n) is 1.54. The fraction of sp³-hybridized carbons (Fsp3) is 0.333. The summed E-state index contributed by atoms with van der Waals surface area (Å²) in [6.45, 7) is 1.40. The van der Waals surface area contributed by atoms with Gasteiger partial charge in [-0.2, -0.15) is 4.99 Å². The van der Waals surface area contributed by atoms with Crippen molar-refractivity contribution < 1.29 is 14.7 Å². The Balaban J connectivity index is 3.48. The summed E-state index contributed by atoms with van der Waals surface area (Å²) in [5.74, 6) is -0.191. The largest absolute Gasteiger partial charge is 0.374 e. The molecular weight excluding hydrogens is 220 g/mol. The smallest absolute Gasteiger partial charge is 0.240 e. The number of carbonyl (C=O) groups is 1. The second-order valence-corrected chi connectivity index (χ2v) is 3.83. The van der Waals surface area contributed by atoms with Crippen LogP contribution in [0.15, 0.2) is 23.2 Å². The van der Waals surface area contributed by atoms with Crippen LogP contribution in [0.25, 0.3) is 0 Å². The molecule has 0 saturated heterocycles. The maximum Gasteiger partial charge on any atom is 0.240 e. The van der Waals surface area contributed by atoms with Gasteiger partial charge in [-0.15, -0.1) is 0 Å². The summed E-state index contributed by atoms with van der Waals surface area (Å²) in [6.07, 6.45) is 0.420. The predicted molar refractivity (Wildman–Crippen MR) is 62.9 cm³/mol. The van der Waals surface area contributed by atoms with E-state index in [4.69, 9.17) is 0 Å². The van der Waals surface area contributed by atoms with Crippen LogP contribution in [0.2, 0.25) is 0 Å². The minimum Gasteiger partial charge on any atom is -0.374 e. The molecule has 0 aliphatic rings. The molecular formula is C12H14N2O3. The number of carbonyl (C=O) groups excluding carboxylic acids is 2. The molecule has 0 aromatic heterocycles. The molecule has 5 nitrogen and oxygen atoms in total. The molecule has 5 heteroatoms.